The molecule has 19 heavy (non-hydrogen) atoms. The number of nitrogens with zero attached hydrogens (tertiary/aromatic N) is 1. The Morgan fingerprint density at radius 1 is 1.42 bits per heavy atom. The molecule has 1 N–H and O–H groups in total. The van der Waals surface area contributed by atoms with Crippen LogP contribution in [-0.2, 0) is 10.0 Å². The van der Waals surface area contributed by atoms with Gasteiger partial charge in [0.25, 0.3) is 0 Å². The van der Waals surface area contributed by atoms with Crippen LogP contribution in [0, 0.1) is 26.2 Å². The lowest BCUT2D eigenvalue weighted by Gasteiger charge is -2.17. The summed E-state index contributed by atoms with van der Waals surface area (Å²) in [7, 11) is -3.98. The van der Waals surface area contributed by atoms with E-state index in [1.54, 1.807) is 6.92 Å². The first-order valence-corrected chi connectivity index (χ1v) is 6.98. The van der Waals surface area contributed by atoms with Gasteiger partial charge in [0, 0.05) is 6.54 Å². The maximum atomic E-state index is 12.4. The molecule has 0 saturated heterocycles. The molecule has 0 unspecified atom stereocenters. The van der Waals surface area contributed by atoms with Crippen LogP contribution in [0.4, 0.5) is 0 Å². The van der Waals surface area contributed by atoms with E-state index in [4.69, 9.17) is 15.9 Å². The number of rotatable bonds is 5. The minimum atomic E-state index is -3.98. The number of hydrogen-bond acceptors (Lipinski definition) is 4. The number of sulfonamides is 1. The average Bonchev–Trinajstić information content (AvgIpc) is 2.61. The van der Waals surface area contributed by atoms with Crippen molar-refractivity contribution in [3.8, 4) is 12.3 Å². The molecular formula is C12H15NO5S. The molecule has 0 saturated carbocycles. The summed E-state index contributed by atoms with van der Waals surface area (Å²) in [5, 5.41) is 9.12. The summed E-state index contributed by atoms with van der Waals surface area (Å²) in [5.41, 5.74) is -0.340. The van der Waals surface area contributed by atoms with Crippen molar-refractivity contribution >= 4 is 16.0 Å². The normalized spacial score (nSPS) is 11.5. The van der Waals surface area contributed by atoms with Gasteiger partial charge in [-0.3, -0.25) is 0 Å². The fourth-order valence-electron chi connectivity index (χ4n) is 1.82. The van der Waals surface area contributed by atoms with Gasteiger partial charge in [0.05, 0.1) is 6.54 Å². The van der Waals surface area contributed by atoms with Crippen molar-refractivity contribution in [2.24, 2.45) is 0 Å². The molecule has 0 fully saturated rings. The van der Waals surface area contributed by atoms with Crippen molar-refractivity contribution in [2.75, 3.05) is 13.1 Å². The van der Waals surface area contributed by atoms with Gasteiger partial charge in [-0.2, -0.15) is 4.31 Å². The predicted molar refractivity (Wildman–Crippen MR) is 68.4 cm³/mol. The maximum Gasteiger partial charge on any atom is 0.340 e. The second kappa shape index (κ2) is 5.47. The number of carboxylic acid groups (broad SMARTS) is 1. The number of carboxylic acids is 1. The quantitative estimate of drug-likeness (QED) is 0.822. The fourth-order valence-corrected chi connectivity index (χ4v) is 3.56. The number of furan rings is 1. The third kappa shape index (κ3) is 2.64. The van der Waals surface area contributed by atoms with E-state index in [9.17, 15) is 13.2 Å². The largest absolute Gasteiger partial charge is 0.478 e. The van der Waals surface area contributed by atoms with Gasteiger partial charge in [-0.05, 0) is 13.8 Å². The molecule has 6 nitrogen and oxygen atoms in total. The lowest BCUT2D eigenvalue weighted by Crippen LogP contribution is -2.32. The first kappa shape index (κ1) is 15.3. The Kier molecular flexibility index (Phi) is 4.39. The van der Waals surface area contributed by atoms with E-state index in [0.717, 1.165) is 4.31 Å². The standard InChI is InChI=1S/C12H15NO5S/c1-5-7-13(6-2)19(16,17)11-9(4)18-8(3)10(11)12(14)15/h1H,6-7H2,2-4H3,(H,14,15). The Labute approximate surface area is 112 Å². The SMILES string of the molecule is C#CCN(CC)S(=O)(=O)c1c(C)oc(C)c1C(=O)O. The van der Waals surface area contributed by atoms with Gasteiger partial charge in [-0.1, -0.05) is 12.8 Å². The first-order chi connectivity index (χ1) is 8.77. The van der Waals surface area contributed by atoms with E-state index in [0.29, 0.717) is 0 Å². The molecule has 1 rings (SSSR count). The topological polar surface area (TPSA) is 87.8 Å². The van der Waals surface area contributed by atoms with Crippen LogP contribution in [0.25, 0.3) is 0 Å². The minimum absolute atomic E-state index is 0.0466. The maximum absolute atomic E-state index is 12.4. The zero-order valence-corrected chi connectivity index (χ0v) is 11.7. The summed E-state index contributed by atoms with van der Waals surface area (Å²) in [4.78, 5) is 10.9. The molecule has 0 radical (unpaired) electrons. The summed E-state index contributed by atoms with van der Waals surface area (Å²) in [6.07, 6.45) is 5.12. The van der Waals surface area contributed by atoms with E-state index in [1.807, 2.05) is 0 Å². The van der Waals surface area contributed by atoms with Crippen LogP contribution in [-0.4, -0.2) is 36.9 Å². The summed E-state index contributed by atoms with van der Waals surface area (Å²) in [6.45, 7) is 4.47. The molecule has 1 aromatic rings. The molecule has 104 valence electrons. The summed E-state index contributed by atoms with van der Waals surface area (Å²) >= 11 is 0. The third-order valence-corrected chi connectivity index (χ3v) is 4.71. The second-order valence-corrected chi connectivity index (χ2v) is 5.73. The highest BCUT2D eigenvalue weighted by Crippen LogP contribution is 2.29. The highest BCUT2D eigenvalue weighted by molar-refractivity contribution is 7.89. The molecule has 0 aliphatic carbocycles. The number of terminal acetylenes is 1. The van der Waals surface area contributed by atoms with Gasteiger partial charge < -0.3 is 9.52 Å². The van der Waals surface area contributed by atoms with E-state index in [-0.39, 0.29) is 35.1 Å². The van der Waals surface area contributed by atoms with Crippen LogP contribution in [0.1, 0.15) is 28.8 Å². The van der Waals surface area contributed by atoms with E-state index >= 15 is 0 Å². The molecule has 0 amide bonds. The van der Waals surface area contributed by atoms with Crippen LogP contribution in [0.2, 0.25) is 0 Å². The van der Waals surface area contributed by atoms with Crippen molar-refractivity contribution in [3.05, 3.63) is 17.1 Å². The zero-order valence-electron chi connectivity index (χ0n) is 10.9. The van der Waals surface area contributed by atoms with E-state index < -0.39 is 16.0 Å². The van der Waals surface area contributed by atoms with E-state index in [1.165, 1.54) is 13.8 Å². The van der Waals surface area contributed by atoms with Crippen LogP contribution in [0.15, 0.2) is 9.31 Å². The zero-order chi connectivity index (χ0) is 14.8. The van der Waals surface area contributed by atoms with Crippen LogP contribution >= 0.6 is 0 Å². The molecule has 1 aromatic heterocycles. The molecular weight excluding hydrogens is 270 g/mol. The van der Waals surface area contributed by atoms with Gasteiger partial charge in [-0.15, -0.1) is 6.42 Å². The highest BCUT2D eigenvalue weighted by Gasteiger charge is 2.34. The molecule has 0 spiro atoms. The third-order valence-electron chi connectivity index (χ3n) is 2.64. The van der Waals surface area contributed by atoms with Gasteiger partial charge in [0.15, 0.2) is 0 Å². The van der Waals surface area contributed by atoms with Gasteiger partial charge >= 0.3 is 5.97 Å². The fraction of sp³-hybridized carbons (Fsp3) is 0.417. The van der Waals surface area contributed by atoms with Crippen LogP contribution in [0.5, 0.6) is 0 Å². The van der Waals surface area contributed by atoms with Gasteiger partial charge in [0.2, 0.25) is 10.0 Å². The molecule has 0 aliphatic heterocycles. The Morgan fingerprint density at radius 2 is 2.00 bits per heavy atom. The Bertz CT molecular complexity index is 636. The molecule has 7 heteroatoms. The van der Waals surface area contributed by atoms with Gasteiger partial charge in [0.1, 0.15) is 22.0 Å². The number of aromatic carboxylic acids is 1. The highest BCUT2D eigenvalue weighted by atomic mass is 32.2. The molecule has 0 aliphatic rings. The molecule has 0 aromatic carbocycles. The summed E-state index contributed by atoms with van der Waals surface area (Å²) < 4.78 is 31.0. The van der Waals surface area contributed by atoms with Crippen molar-refractivity contribution in [1.82, 2.24) is 4.31 Å². The van der Waals surface area contributed by atoms with Crippen molar-refractivity contribution in [3.63, 3.8) is 0 Å². The minimum Gasteiger partial charge on any atom is -0.478 e. The lowest BCUT2D eigenvalue weighted by molar-refractivity contribution is 0.0691. The number of carbonyl (C=O) groups is 1. The first-order valence-electron chi connectivity index (χ1n) is 5.54. The van der Waals surface area contributed by atoms with Crippen LogP contribution in [0.3, 0.4) is 0 Å². The Balaban J connectivity index is 3.53. The summed E-state index contributed by atoms with van der Waals surface area (Å²) in [5.74, 6) is 0.998. The van der Waals surface area contributed by atoms with E-state index in [2.05, 4.69) is 5.92 Å². The smallest absolute Gasteiger partial charge is 0.340 e. The van der Waals surface area contributed by atoms with Crippen molar-refractivity contribution in [2.45, 2.75) is 25.7 Å². The second-order valence-electron chi connectivity index (χ2n) is 3.86. The number of hydrogen-bond donors (Lipinski definition) is 1. The molecule has 0 bridgehead atoms. The van der Waals surface area contributed by atoms with Crippen molar-refractivity contribution in [1.29, 1.82) is 0 Å². The molecule has 1 heterocycles. The van der Waals surface area contributed by atoms with Crippen molar-refractivity contribution < 1.29 is 22.7 Å². The Hall–Kier alpha value is -1.78. The lowest BCUT2D eigenvalue weighted by atomic mass is 10.2. The molecule has 0 atom stereocenters. The summed E-state index contributed by atoms with van der Waals surface area (Å²) in [6, 6.07) is 0. The average molecular weight is 285 g/mol. The van der Waals surface area contributed by atoms with Gasteiger partial charge in [-0.25, -0.2) is 13.2 Å². The monoisotopic (exact) mass is 285 g/mol. The Morgan fingerprint density at radius 3 is 2.42 bits per heavy atom. The predicted octanol–water partition coefficient (Wildman–Crippen LogP) is 1.24. The van der Waals surface area contributed by atoms with Crippen LogP contribution < -0.4 is 0 Å². The number of aryl methyl sites for hydroxylation is 2.